The molecule has 5 rings (SSSR count). The molecule has 34 heavy (non-hydrogen) atoms. The molecule has 1 heterocycles. The molecule has 0 radical (unpaired) electrons. The maximum Gasteiger partial charge on any atom is 0.308 e. The van der Waals surface area contributed by atoms with E-state index in [4.69, 9.17) is 9.47 Å². The highest BCUT2D eigenvalue weighted by atomic mass is 32.1. The number of esters is 1. The molecular formula is C28H29NO4S. The summed E-state index contributed by atoms with van der Waals surface area (Å²) in [6.45, 7) is 3.32. The van der Waals surface area contributed by atoms with Crippen LogP contribution in [0.5, 0.6) is 11.5 Å². The number of ether oxygens (including phenoxy) is 2. The summed E-state index contributed by atoms with van der Waals surface area (Å²) in [5.74, 6) is 0.836. The van der Waals surface area contributed by atoms with Gasteiger partial charge in [-0.25, -0.2) is 0 Å². The Hall–Kier alpha value is -3.19. The van der Waals surface area contributed by atoms with E-state index in [-0.39, 0.29) is 12.2 Å². The van der Waals surface area contributed by atoms with E-state index in [2.05, 4.69) is 24.3 Å². The third kappa shape index (κ3) is 5.83. The van der Waals surface area contributed by atoms with Crippen LogP contribution in [0.4, 0.5) is 0 Å². The lowest BCUT2D eigenvalue weighted by Gasteiger charge is -2.21. The van der Waals surface area contributed by atoms with Crippen LogP contribution in [-0.2, 0) is 11.2 Å². The fraction of sp³-hybridized carbons (Fsp3) is 0.250. The predicted octanol–water partition coefficient (Wildman–Crippen LogP) is 5.79. The molecule has 0 bridgehead atoms. The topological polar surface area (TPSA) is 59.0 Å². The normalized spacial score (nSPS) is 13.5. The van der Waals surface area contributed by atoms with Crippen molar-refractivity contribution in [2.45, 2.75) is 32.6 Å². The third-order valence-corrected chi connectivity index (χ3v) is 6.89. The van der Waals surface area contributed by atoms with Gasteiger partial charge in [-0.1, -0.05) is 42.5 Å². The van der Waals surface area contributed by atoms with Gasteiger partial charge in [0.15, 0.2) is 0 Å². The van der Waals surface area contributed by atoms with E-state index in [0.717, 1.165) is 16.9 Å². The van der Waals surface area contributed by atoms with Crippen LogP contribution in [0.1, 0.15) is 41.5 Å². The van der Waals surface area contributed by atoms with Crippen LogP contribution in [0.15, 0.2) is 72.8 Å². The average Bonchev–Trinajstić information content (AvgIpc) is 3.50. The van der Waals surface area contributed by atoms with Gasteiger partial charge in [0.25, 0.3) is 0 Å². The Morgan fingerprint density at radius 1 is 0.941 bits per heavy atom. The van der Waals surface area contributed by atoms with Gasteiger partial charge in [-0.3, -0.25) is 9.69 Å². The standard InChI is InChI=1S/C19H23NO4.C9H6S/c1-13(20(3)4)23-17-9-5-15(6-10-17)19(22)16-7-11-18(12-8-16)24-14(2)21;1-2-4-8-6(3-1)7-5-9(7)10-8/h5-13,19,22H,1-4H3;1-4H,5H2. The molecule has 5 nitrogen and oxygen atoms in total. The SMILES string of the molecule is CC(=O)Oc1ccc(C(O)c2ccc(OC(C)N(C)C)cc2)cc1.c1ccc2c3c(sc2c1)C3. The smallest absolute Gasteiger partial charge is 0.308 e. The Labute approximate surface area is 204 Å². The molecular weight excluding hydrogens is 446 g/mol. The van der Waals surface area contributed by atoms with Crippen LogP contribution in [-0.4, -0.2) is 36.3 Å². The second kappa shape index (κ2) is 10.4. The number of carbonyl (C=O) groups is 1. The molecule has 1 aromatic heterocycles. The minimum Gasteiger partial charge on any atom is -0.475 e. The zero-order valence-corrected chi connectivity index (χ0v) is 20.6. The van der Waals surface area contributed by atoms with Crippen molar-refractivity contribution in [3.8, 4) is 11.5 Å². The quantitative estimate of drug-likeness (QED) is 0.191. The Bertz CT molecular complexity index is 1260. The molecule has 1 aliphatic rings. The summed E-state index contributed by atoms with van der Waals surface area (Å²) in [7, 11) is 3.89. The number of benzene rings is 3. The molecule has 0 saturated carbocycles. The minimum absolute atomic E-state index is 0.0328. The summed E-state index contributed by atoms with van der Waals surface area (Å²) >= 11 is 1.94. The molecule has 1 aliphatic carbocycles. The number of aliphatic hydroxyl groups is 1. The fourth-order valence-corrected chi connectivity index (χ4v) is 4.67. The van der Waals surface area contributed by atoms with Crippen LogP contribution >= 0.6 is 11.3 Å². The molecule has 2 atom stereocenters. The van der Waals surface area contributed by atoms with Gasteiger partial charge in [-0.15, -0.1) is 11.3 Å². The number of carbonyl (C=O) groups excluding carboxylic acids is 1. The zero-order valence-electron chi connectivity index (χ0n) is 19.8. The maximum atomic E-state index is 10.9. The van der Waals surface area contributed by atoms with Gasteiger partial charge in [0.2, 0.25) is 0 Å². The maximum absolute atomic E-state index is 10.9. The Kier molecular flexibility index (Phi) is 7.32. The molecule has 0 spiro atoms. The van der Waals surface area contributed by atoms with Gasteiger partial charge >= 0.3 is 5.97 Å². The van der Waals surface area contributed by atoms with Crippen molar-refractivity contribution in [2.24, 2.45) is 0 Å². The molecule has 2 unspecified atom stereocenters. The molecule has 0 saturated heterocycles. The highest BCUT2D eigenvalue weighted by Crippen LogP contribution is 2.42. The number of hydrogen-bond acceptors (Lipinski definition) is 6. The van der Waals surface area contributed by atoms with Gasteiger partial charge in [0.05, 0.1) is 0 Å². The lowest BCUT2D eigenvalue weighted by Crippen LogP contribution is -2.30. The van der Waals surface area contributed by atoms with Crippen LogP contribution in [0, 0.1) is 0 Å². The molecule has 0 aliphatic heterocycles. The summed E-state index contributed by atoms with van der Waals surface area (Å²) in [4.78, 5) is 14.5. The van der Waals surface area contributed by atoms with E-state index in [1.807, 2.05) is 61.5 Å². The molecule has 4 aromatic rings. The number of nitrogens with zero attached hydrogens (tertiary/aromatic N) is 1. The zero-order chi connectivity index (χ0) is 24.2. The molecule has 0 amide bonds. The summed E-state index contributed by atoms with van der Waals surface area (Å²) in [5, 5.41) is 12.0. The largest absolute Gasteiger partial charge is 0.475 e. The highest BCUT2D eigenvalue weighted by molar-refractivity contribution is 7.20. The number of fused-ring (bicyclic) bond motifs is 3. The van der Waals surface area contributed by atoms with Crippen molar-refractivity contribution in [2.75, 3.05) is 14.1 Å². The molecule has 1 N–H and O–H groups in total. The Balaban J connectivity index is 0.000000222. The van der Waals surface area contributed by atoms with Gasteiger partial charge in [0, 0.05) is 22.9 Å². The summed E-state index contributed by atoms with van der Waals surface area (Å²) in [5.41, 5.74) is 3.09. The summed E-state index contributed by atoms with van der Waals surface area (Å²) in [6, 6.07) is 22.8. The van der Waals surface area contributed by atoms with Crippen LogP contribution in [0.3, 0.4) is 0 Å². The third-order valence-electron chi connectivity index (χ3n) is 5.68. The van der Waals surface area contributed by atoms with Gasteiger partial charge in [-0.05, 0) is 73.4 Å². The number of hydrogen-bond donors (Lipinski definition) is 1. The summed E-state index contributed by atoms with van der Waals surface area (Å²) < 4.78 is 12.2. The van der Waals surface area contributed by atoms with Crippen molar-refractivity contribution < 1.29 is 19.4 Å². The van der Waals surface area contributed by atoms with Crippen LogP contribution in [0.25, 0.3) is 10.1 Å². The number of thiophene rings is 1. The van der Waals surface area contributed by atoms with E-state index in [9.17, 15) is 9.90 Å². The van der Waals surface area contributed by atoms with Crippen molar-refractivity contribution in [3.05, 3.63) is 94.4 Å². The van der Waals surface area contributed by atoms with E-state index in [1.165, 1.54) is 23.4 Å². The Morgan fingerprint density at radius 3 is 2.09 bits per heavy atom. The first-order valence-corrected chi connectivity index (χ1v) is 12.0. The van der Waals surface area contributed by atoms with Gasteiger partial charge in [-0.2, -0.15) is 0 Å². The Morgan fingerprint density at radius 2 is 1.53 bits per heavy atom. The van der Waals surface area contributed by atoms with Crippen LogP contribution < -0.4 is 9.47 Å². The molecule has 176 valence electrons. The molecule has 0 fully saturated rings. The monoisotopic (exact) mass is 475 g/mol. The van der Waals surface area contributed by atoms with E-state index in [1.54, 1.807) is 34.7 Å². The first-order valence-electron chi connectivity index (χ1n) is 11.2. The van der Waals surface area contributed by atoms with E-state index < -0.39 is 6.10 Å². The molecule has 3 aromatic carbocycles. The van der Waals surface area contributed by atoms with Crippen LogP contribution in [0.2, 0.25) is 0 Å². The van der Waals surface area contributed by atoms with Gasteiger partial charge < -0.3 is 14.6 Å². The first kappa shape index (κ1) is 24.0. The summed E-state index contributed by atoms with van der Waals surface area (Å²) in [6.07, 6.45) is 0.480. The van der Waals surface area contributed by atoms with E-state index in [0.29, 0.717) is 5.75 Å². The van der Waals surface area contributed by atoms with E-state index >= 15 is 0 Å². The highest BCUT2D eigenvalue weighted by Gasteiger charge is 2.22. The van der Waals surface area contributed by atoms with Crippen molar-refractivity contribution in [1.29, 1.82) is 0 Å². The van der Waals surface area contributed by atoms with Crippen molar-refractivity contribution >= 4 is 27.4 Å². The van der Waals surface area contributed by atoms with Crippen molar-refractivity contribution in [1.82, 2.24) is 4.90 Å². The predicted molar refractivity (Wildman–Crippen MR) is 137 cm³/mol. The first-order chi connectivity index (χ1) is 16.3. The van der Waals surface area contributed by atoms with Crippen molar-refractivity contribution in [3.63, 3.8) is 0 Å². The second-order valence-corrected chi connectivity index (χ2v) is 9.63. The lowest BCUT2D eigenvalue weighted by molar-refractivity contribution is -0.131. The average molecular weight is 476 g/mol. The minimum atomic E-state index is -0.753. The lowest BCUT2D eigenvalue weighted by atomic mass is 10.0. The molecule has 6 heteroatoms. The van der Waals surface area contributed by atoms with Gasteiger partial charge in [0.1, 0.15) is 23.8 Å². The fourth-order valence-electron chi connectivity index (χ4n) is 3.50. The second-order valence-electron chi connectivity index (χ2n) is 8.49. The number of rotatable bonds is 6. The number of aliphatic hydroxyl groups excluding tert-OH is 1.